The highest BCUT2D eigenvalue weighted by Gasteiger charge is 2.23. The molecule has 2 N–H and O–H groups in total. The monoisotopic (exact) mass is 342 g/mol. The van der Waals surface area contributed by atoms with E-state index >= 15 is 0 Å². The van der Waals surface area contributed by atoms with Crippen molar-refractivity contribution in [3.8, 4) is 11.5 Å². The van der Waals surface area contributed by atoms with Crippen LogP contribution in [0.3, 0.4) is 0 Å². The van der Waals surface area contributed by atoms with Crippen LogP contribution in [0.2, 0.25) is 0 Å². The summed E-state index contributed by atoms with van der Waals surface area (Å²) in [5.74, 6) is 1.58. The molecule has 0 bridgehead atoms. The predicted octanol–water partition coefficient (Wildman–Crippen LogP) is 2.61. The predicted molar refractivity (Wildman–Crippen MR) is 93.7 cm³/mol. The fraction of sp³-hybridized carbons (Fsp3) is 0.588. The van der Waals surface area contributed by atoms with Crippen LogP contribution < -0.4 is 20.1 Å². The highest BCUT2D eigenvalue weighted by molar-refractivity contribution is 5.85. The van der Waals surface area contributed by atoms with E-state index in [-0.39, 0.29) is 30.3 Å². The van der Waals surface area contributed by atoms with Crippen LogP contribution in [0.25, 0.3) is 0 Å². The number of benzene rings is 1. The molecular weight excluding hydrogens is 316 g/mol. The SMILES string of the molecule is COc1cc(C)c(C(C)NC(=O)C2CCCNC2)cc1OC.Cl. The first-order valence-corrected chi connectivity index (χ1v) is 7.80. The molecule has 2 rings (SSSR count). The molecule has 2 atom stereocenters. The van der Waals surface area contributed by atoms with Crippen molar-refractivity contribution in [2.45, 2.75) is 32.7 Å². The molecule has 2 unspecified atom stereocenters. The van der Waals surface area contributed by atoms with Crippen LogP contribution in [0.15, 0.2) is 12.1 Å². The van der Waals surface area contributed by atoms with Crippen molar-refractivity contribution in [2.24, 2.45) is 5.92 Å². The Morgan fingerprint density at radius 3 is 2.52 bits per heavy atom. The first-order chi connectivity index (χ1) is 10.6. The van der Waals surface area contributed by atoms with Gasteiger partial charge < -0.3 is 20.1 Å². The number of nitrogens with one attached hydrogen (secondary N) is 2. The Kier molecular flexibility index (Phi) is 7.65. The van der Waals surface area contributed by atoms with Gasteiger partial charge in [0.15, 0.2) is 11.5 Å². The molecule has 6 heteroatoms. The van der Waals surface area contributed by atoms with Gasteiger partial charge in [0.25, 0.3) is 0 Å². The molecular formula is C17H27ClN2O3. The molecule has 1 saturated heterocycles. The number of piperidine rings is 1. The number of halogens is 1. The van der Waals surface area contributed by atoms with Crippen LogP contribution in [0.1, 0.15) is 36.9 Å². The van der Waals surface area contributed by atoms with Gasteiger partial charge in [-0.1, -0.05) is 0 Å². The number of carbonyl (C=O) groups excluding carboxylic acids is 1. The molecule has 1 aromatic carbocycles. The molecule has 1 aliphatic rings. The maximum atomic E-state index is 12.4. The van der Waals surface area contributed by atoms with Crippen LogP contribution in [0.5, 0.6) is 11.5 Å². The largest absolute Gasteiger partial charge is 0.493 e. The molecule has 0 aliphatic carbocycles. The summed E-state index contributed by atoms with van der Waals surface area (Å²) in [6.07, 6.45) is 2.01. The van der Waals surface area contributed by atoms with Gasteiger partial charge in [0.2, 0.25) is 5.91 Å². The molecule has 1 amide bonds. The maximum Gasteiger partial charge on any atom is 0.224 e. The molecule has 1 fully saturated rings. The van der Waals surface area contributed by atoms with Crippen LogP contribution in [0, 0.1) is 12.8 Å². The lowest BCUT2D eigenvalue weighted by molar-refractivity contribution is -0.126. The highest BCUT2D eigenvalue weighted by atomic mass is 35.5. The zero-order valence-corrected chi connectivity index (χ0v) is 15.1. The highest BCUT2D eigenvalue weighted by Crippen LogP contribution is 2.33. The first kappa shape index (κ1) is 19.6. The summed E-state index contributed by atoms with van der Waals surface area (Å²) < 4.78 is 10.7. The fourth-order valence-corrected chi connectivity index (χ4v) is 2.95. The zero-order valence-electron chi connectivity index (χ0n) is 14.3. The minimum atomic E-state index is -0.0609. The quantitative estimate of drug-likeness (QED) is 0.863. The Morgan fingerprint density at radius 1 is 1.30 bits per heavy atom. The summed E-state index contributed by atoms with van der Waals surface area (Å²) in [4.78, 5) is 12.4. The Morgan fingerprint density at radius 2 is 1.96 bits per heavy atom. The standard InChI is InChI=1S/C17H26N2O3.ClH/c1-11-8-15(21-3)16(22-4)9-14(11)12(2)19-17(20)13-6-5-7-18-10-13;/h8-9,12-13,18H,5-7,10H2,1-4H3,(H,19,20);1H. The van der Waals surface area contributed by atoms with Gasteiger partial charge in [-0.2, -0.15) is 0 Å². The van der Waals surface area contributed by atoms with Gasteiger partial charge in [-0.25, -0.2) is 0 Å². The lowest BCUT2D eigenvalue weighted by Gasteiger charge is -2.25. The van der Waals surface area contributed by atoms with Gasteiger partial charge >= 0.3 is 0 Å². The number of rotatable bonds is 5. The summed E-state index contributed by atoms with van der Waals surface area (Å²) in [5, 5.41) is 6.40. The van der Waals surface area contributed by atoms with E-state index < -0.39 is 0 Å². The molecule has 1 aromatic rings. The molecule has 1 aliphatic heterocycles. The third-order valence-corrected chi connectivity index (χ3v) is 4.27. The summed E-state index contributed by atoms with van der Waals surface area (Å²) in [5.41, 5.74) is 2.13. The average Bonchev–Trinajstić information content (AvgIpc) is 2.55. The van der Waals surface area contributed by atoms with Gasteiger partial charge in [0, 0.05) is 6.54 Å². The van der Waals surface area contributed by atoms with E-state index in [9.17, 15) is 4.79 Å². The van der Waals surface area contributed by atoms with Crippen LogP contribution in [-0.4, -0.2) is 33.2 Å². The Hall–Kier alpha value is -1.46. The van der Waals surface area contributed by atoms with Crippen LogP contribution in [-0.2, 0) is 4.79 Å². The van der Waals surface area contributed by atoms with Crippen molar-refractivity contribution in [1.29, 1.82) is 0 Å². The van der Waals surface area contributed by atoms with E-state index in [1.165, 1.54) is 0 Å². The van der Waals surface area contributed by atoms with E-state index in [1.807, 2.05) is 26.0 Å². The van der Waals surface area contributed by atoms with E-state index in [1.54, 1.807) is 14.2 Å². The third-order valence-electron chi connectivity index (χ3n) is 4.27. The number of methoxy groups -OCH3 is 2. The number of ether oxygens (including phenoxy) is 2. The maximum absolute atomic E-state index is 12.4. The van der Waals surface area contributed by atoms with Gasteiger partial charge in [0.05, 0.1) is 26.2 Å². The summed E-state index contributed by atoms with van der Waals surface area (Å²) >= 11 is 0. The minimum Gasteiger partial charge on any atom is -0.493 e. The van der Waals surface area contributed by atoms with Gasteiger partial charge in [-0.15, -0.1) is 12.4 Å². The average molecular weight is 343 g/mol. The van der Waals surface area contributed by atoms with E-state index in [0.29, 0.717) is 11.5 Å². The van der Waals surface area contributed by atoms with Crippen molar-refractivity contribution < 1.29 is 14.3 Å². The van der Waals surface area contributed by atoms with E-state index in [2.05, 4.69) is 10.6 Å². The van der Waals surface area contributed by atoms with Crippen LogP contribution >= 0.6 is 12.4 Å². The lowest BCUT2D eigenvalue weighted by Crippen LogP contribution is -2.41. The first-order valence-electron chi connectivity index (χ1n) is 7.80. The normalized spacial score (nSPS) is 18.5. The van der Waals surface area contributed by atoms with E-state index in [4.69, 9.17) is 9.47 Å². The third kappa shape index (κ3) is 4.75. The topological polar surface area (TPSA) is 59.6 Å². The molecule has 1 heterocycles. The second-order valence-electron chi connectivity index (χ2n) is 5.84. The van der Waals surface area contributed by atoms with Crippen molar-refractivity contribution in [3.63, 3.8) is 0 Å². The molecule has 0 saturated carbocycles. The van der Waals surface area contributed by atoms with Gasteiger partial charge in [-0.3, -0.25) is 4.79 Å². The van der Waals surface area contributed by atoms with Crippen LogP contribution in [0.4, 0.5) is 0 Å². The van der Waals surface area contributed by atoms with Crippen molar-refractivity contribution >= 4 is 18.3 Å². The fourth-order valence-electron chi connectivity index (χ4n) is 2.95. The smallest absolute Gasteiger partial charge is 0.224 e. The van der Waals surface area contributed by atoms with E-state index in [0.717, 1.165) is 37.1 Å². The number of aryl methyl sites for hydroxylation is 1. The second kappa shape index (κ2) is 8.99. The summed E-state index contributed by atoms with van der Waals surface area (Å²) in [6, 6.07) is 3.83. The zero-order chi connectivity index (χ0) is 16.1. The minimum absolute atomic E-state index is 0. The molecule has 0 spiro atoms. The van der Waals surface area contributed by atoms with Crippen molar-refractivity contribution in [2.75, 3.05) is 27.3 Å². The molecule has 0 aromatic heterocycles. The van der Waals surface area contributed by atoms with Gasteiger partial charge in [-0.05, 0) is 56.5 Å². The van der Waals surface area contributed by atoms with Crippen molar-refractivity contribution in [1.82, 2.24) is 10.6 Å². The van der Waals surface area contributed by atoms with Gasteiger partial charge in [0.1, 0.15) is 0 Å². The second-order valence-corrected chi connectivity index (χ2v) is 5.84. The summed E-state index contributed by atoms with van der Waals surface area (Å²) in [7, 11) is 3.24. The molecule has 130 valence electrons. The molecule has 0 radical (unpaired) electrons. The molecule has 23 heavy (non-hydrogen) atoms. The Balaban J connectivity index is 0.00000264. The Labute approximate surface area is 144 Å². The lowest BCUT2D eigenvalue weighted by atomic mass is 9.97. The number of amides is 1. The number of carbonyl (C=O) groups is 1. The number of hydrogen-bond acceptors (Lipinski definition) is 4. The molecule has 5 nitrogen and oxygen atoms in total. The Bertz CT molecular complexity index is 531. The number of hydrogen-bond donors (Lipinski definition) is 2. The van der Waals surface area contributed by atoms with Crippen molar-refractivity contribution in [3.05, 3.63) is 23.3 Å². The summed E-state index contributed by atoms with van der Waals surface area (Å²) in [6.45, 7) is 5.79.